The fourth-order valence-electron chi connectivity index (χ4n) is 2.88. The molecule has 0 unspecified atom stereocenters. The Balaban J connectivity index is 1.50. The van der Waals surface area contributed by atoms with Gasteiger partial charge in [0.1, 0.15) is 5.82 Å². The van der Waals surface area contributed by atoms with Gasteiger partial charge in [-0.15, -0.1) is 10.2 Å². The van der Waals surface area contributed by atoms with Crippen LogP contribution in [0.25, 0.3) is 11.5 Å². The van der Waals surface area contributed by atoms with Gasteiger partial charge in [0.05, 0.1) is 11.8 Å². The highest BCUT2D eigenvalue weighted by Crippen LogP contribution is 2.23. The van der Waals surface area contributed by atoms with Crippen LogP contribution in [-0.2, 0) is 11.2 Å². The van der Waals surface area contributed by atoms with E-state index in [1.165, 1.54) is 29.5 Å². The summed E-state index contributed by atoms with van der Waals surface area (Å²) in [6.45, 7) is 6.35. The predicted molar refractivity (Wildman–Crippen MR) is 112 cm³/mol. The highest BCUT2D eigenvalue weighted by atomic mass is 32.2. The van der Waals surface area contributed by atoms with E-state index in [1.807, 2.05) is 6.92 Å². The van der Waals surface area contributed by atoms with Gasteiger partial charge in [0, 0.05) is 5.56 Å². The molecule has 0 fully saturated rings. The third-order valence-corrected chi connectivity index (χ3v) is 5.14. The molecule has 0 bridgehead atoms. The number of aromatic nitrogens is 2. The number of thioether (sulfide) groups is 1. The zero-order chi connectivity index (χ0) is 20.8. The maximum Gasteiger partial charge on any atom is 0.277 e. The first kappa shape index (κ1) is 21.0. The molecule has 0 aliphatic rings. The molecule has 1 atom stereocenters. The molecule has 3 rings (SSSR count). The van der Waals surface area contributed by atoms with Crippen molar-refractivity contribution in [3.8, 4) is 11.5 Å². The molecular formula is C22H24FN3O2S. The molecule has 2 aromatic carbocycles. The van der Waals surface area contributed by atoms with Crippen molar-refractivity contribution >= 4 is 17.7 Å². The van der Waals surface area contributed by atoms with Crippen molar-refractivity contribution in [3.63, 3.8) is 0 Å². The van der Waals surface area contributed by atoms with Crippen LogP contribution in [0.2, 0.25) is 0 Å². The van der Waals surface area contributed by atoms with E-state index in [0.29, 0.717) is 22.6 Å². The van der Waals surface area contributed by atoms with Gasteiger partial charge in [0.15, 0.2) is 0 Å². The second-order valence-electron chi connectivity index (χ2n) is 7.30. The van der Waals surface area contributed by atoms with Gasteiger partial charge in [0.2, 0.25) is 11.8 Å². The molecule has 1 N–H and O–H groups in total. The van der Waals surface area contributed by atoms with Crippen molar-refractivity contribution in [2.45, 2.75) is 38.5 Å². The summed E-state index contributed by atoms with van der Waals surface area (Å²) >= 11 is 1.17. The Morgan fingerprint density at radius 2 is 1.76 bits per heavy atom. The largest absolute Gasteiger partial charge is 0.411 e. The minimum Gasteiger partial charge on any atom is -0.411 e. The van der Waals surface area contributed by atoms with Crippen LogP contribution in [-0.4, -0.2) is 21.9 Å². The van der Waals surface area contributed by atoms with Crippen molar-refractivity contribution in [1.29, 1.82) is 0 Å². The summed E-state index contributed by atoms with van der Waals surface area (Å²) in [4.78, 5) is 12.3. The lowest BCUT2D eigenvalue weighted by molar-refractivity contribution is -0.119. The average molecular weight is 414 g/mol. The standard InChI is InChI=1S/C22H24FN3O2S/c1-14(2)12-16-4-6-17(7-5-16)15(3)24-20(27)13-29-22-26-25-21(28-22)18-8-10-19(23)11-9-18/h4-11,14-15H,12-13H2,1-3H3,(H,24,27)/t15-/m1/s1. The Hall–Kier alpha value is -2.67. The quantitative estimate of drug-likeness (QED) is 0.524. The molecule has 0 radical (unpaired) electrons. The summed E-state index contributed by atoms with van der Waals surface area (Å²) in [5.74, 6) is 0.630. The Kier molecular flexibility index (Phi) is 7.04. The average Bonchev–Trinajstić information content (AvgIpc) is 3.16. The van der Waals surface area contributed by atoms with E-state index in [-0.39, 0.29) is 23.5 Å². The topological polar surface area (TPSA) is 68.0 Å². The molecule has 5 nitrogen and oxygen atoms in total. The van der Waals surface area contributed by atoms with Crippen LogP contribution in [0.15, 0.2) is 58.2 Å². The smallest absolute Gasteiger partial charge is 0.277 e. The molecule has 1 aromatic heterocycles. The van der Waals surface area contributed by atoms with Crippen LogP contribution in [0, 0.1) is 11.7 Å². The van der Waals surface area contributed by atoms with Gasteiger partial charge in [-0.3, -0.25) is 4.79 Å². The van der Waals surface area contributed by atoms with E-state index in [1.54, 1.807) is 12.1 Å². The number of hydrogen-bond acceptors (Lipinski definition) is 5. The third-order valence-electron chi connectivity index (χ3n) is 4.33. The maximum atomic E-state index is 13.0. The van der Waals surface area contributed by atoms with Crippen molar-refractivity contribution in [2.75, 3.05) is 5.75 Å². The van der Waals surface area contributed by atoms with Crippen molar-refractivity contribution < 1.29 is 13.6 Å². The van der Waals surface area contributed by atoms with Crippen molar-refractivity contribution in [1.82, 2.24) is 15.5 Å². The fourth-order valence-corrected chi connectivity index (χ4v) is 3.46. The molecule has 29 heavy (non-hydrogen) atoms. The van der Waals surface area contributed by atoms with Gasteiger partial charge >= 0.3 is 0 Å². The predicted octanol–water partition coefficient (Wildman–Crippen LogP) is 5.04. The molecule has 0 saturated heterocycles. The number of nitrogens with zero attached hydrogens (tertiary/aromatic N) is 2. The number of rotatable bonds is 8. The van der Waals surface area contributed by atoms with Gasteiger partial charge in [-0.25, -0.2) is 4.39 Å². The van der Waals surface area contributed by atoms with Crippen LogP contribution in [0.3, 0.4) is 0 Å². The van der Waals surface area contributed by atoms with Crippen LogP contribution in [0.4, 0.5) is 4.39 Å². The monoisotopic (exact) mass is 413 g/mol. The Morgan fingerprint density at radius 3 is 2.41 bits per heavy atom. The highest BCUT2D eigenvalue weighted by Gasteiger charge is 2.14. The van der Waals surface area contributed by atoms with Crippen molar-refractivity contribution in [2.24, 2.45) is 5.92 Å². The van der Waals surface area contributed by atoms with E-state index >= 15 is 0 Å². The van der Waals surface area contributed by atoms with Crippen LogP contribution < -0.4 is 5.32 Å². The molecule has 3 aromatic rings. The second kappa shape index (κ2) is 9.69. The Labute approximate surface area is 174 Å². The first-order valence-electron chi connectivity index (χ1n) is 9.51. The van der Waals surface area contributed by atoms with E-state index in [4.69, 9.17) is 4.42 Å². The normalized spacial score (nSPS) is 12.2. The van der Waals surface area contributed by atoms with Crippen molar-refractivity contribution in [3.05, 3.63) is 65.5 Å². The number of halogens is 1. The lowest BCUT2D eigenvalue weighted by atomic mass is 10.00. The summed E-state index contributed by atoms with van der Waals surface area (Å²) in [7, 11) is 0. The molecule has 0 spiro atoms. The van der Waals surface area contributed by atoms with Gasteiger partial charge in [-0.05, 0) is 54.7 Å². The number of amides is 1. The fraction of sp³-hybridized carbons (Fsp3) is 0.318. The Bertz CT molecular complexity index is 939. The van der Waals surface area contributed by atoms with Gasteiger partial charge in [-0.2, -0.15) is 0 Å². The second-order valence-corrected chi connectivity index (χ2v) is 8.22. The van der Waals surface area contributed by atoms with Gasteiger partial charge in [0.25, 0.3) is 5.22 Å². The molecule has 1 heterocycles. The van der Waals surface area contributed by atoms with Crippen LogP contribution in [0.1, 0.15) is 37.9 Å². The highest BCUT2D eigenvalue weighted by molar-refractivity contribution is 7.99. The third kappa shape index (κ3) is 6.15. The number of carbonyl (C=O) groups excluding carboxylic acids is 1. The molecule has 0 saturated carbocycles. The molecular weight excluding hydrogens is 389 g/mol. The molecule has 7 heteroatoms. The minimum atomic E-state index is -0.330. The van der Waals surface area contributed by atoms with E-state index in [9.17, 15) is 9.18 Å². The summed E-state index contributed by atoms with van der Waals surface area (Å²) in [5, 5.41) is 11.1. The van der Waals surface area contributed by atoms with Gasteiger partial charge < -0.3 is 9.73 Å². The lowest BCUT2D eigenvalue weighted by Crippen LogP contribution is -2.28. The number of nitrogens with one attached hydrogen (secondary N) is 1. The molecule has 152 valence electrons. The molecule has 0 aliphatic heterocycles. The summed E-state index contributed by atoms with van der Waals surface area (Å²) in [6, 6.07) is 14.0. The van der Waals surface area contributed by atoms with Crippen LogP contribution >= 0.6 is 11.8 Å². The van der Waals surface area contributed by atoms with E-state index in [0.717, 1.165) is 12.0 Å². The van der Waals surface area contributed by atoms with E-state index < -0.39 is 0 Å². The summed E-state index contributed by atoms with van der Waals surface area (Å²) in [5.41, 5.74) is 2.99. The van der Waals surface area contributed by atoms with Crippen LogP contribution in [0.5, 0.6) is 0 Å². The summed E-state index contributed by atoms with van der Waals surface area (Å²) < 4.78 is 18.5. The molecule has 1 amide bonds. The Morgan fingerprint density at radius 1 is 1.07 bits per heavy atom. The minimum absolute atomic E-state index is 0.0892. The first-order chi connectivity index (χ1) is 13.9. The number of hydrogen-bond donors (Lipinski definition) is 1. The molecule has 0 aliphatic carbocycles. The zero-order valence-electron chi connectivity index (χ0n) is 16.7. The van der Waals surface area contributed by atoms with Gasteiger partial charge in [-0.1, -0.05) is 49.9 Å². The number of benzene rings is 2. The maximum absolute atomic E-state index is 13.0. The lowest BCUT2D eigenvalue weighted by Gasteiger charge is -2.15. The van der Waals surface area contributed by atoms with E-state index in [2.05, 4.69) is 53.6 Å². The SMILES string of the molecule is CC(C)Cc1ccc([C@@H](C)NC(=O)CSc2nnc(-c3ccc(F)cc3)o2)cc1. The summed E-state index contributed by atoms with van der Waals surface area (Å²) in [6.07, 6.45) is 1.04. The number of carbonyl (C=O) groups is 1. The zero-order valence-corrected chi connectivity index (χ0v) is 17.5. The first-order valence-corrected chi connectivity index (χ1v) is 10.5.